The van der Waals surface area contributed by atoms with E-state index in [9.17, 15) is 4.79 Å². The van der Waals surface area contributed by atoms with Crippen molar-refractivity contribution in [2.24, 2.45) is 10.7 Å². The molecule has 33 heavy (non-hydrogen) atoms. The highest BCUT2D eigenvalue weighted by Crippen LogP contribution is 2.24. The monoisotopic (exact) mass is 463 g/mol. The minimum Gasteiger partial charge on any atom is -0.396 e. The molecule has 0 aliphatic heterocycles. The quantitative estimate of drug-likeness (QED) is 0.393. The molecule has 0 fully saturated rings. The van der Waals surface area contributed by atoms with Crippen molar-refractivity contribution in [3.05, 3.63) is 77.1 Å². The van der Waals surface area contributed by atoms with Gasteiger partial charge in [0.25, 0.3) is 0 Å². The molecule has 2 amide bonds. The van der Waals surface area contributed by atoms with Crippen molar-refractivity contribution in [1.29, 1.82) is 0 Å². The van der Waals surface area contributed by atoms with E-state index in [-0.39, 0.29) is 11.5 Å². The predicted molar refractivity (Wildman–Crippen MR) is 136 cm³/mol. The standard InChI is InChI=1S/C24H26ClN7O/c1-24(2,3)29-14-19(21(26)20-10-11-28-22(27)32-20)15-6-4-8-17(12-15)30-23(33)31-18-9-5-7-16(25)13-18/h4-14H,26H2,1-3H3,(H2,27,28,32)(H2,30,31,33). The summed E-state index contributed by atoms with van der Waals surface area (Å²) in [6, 6.07) is 15.5. The van der Waals surface area contributed by atoms with Crippen molar-refractivity contribution in [3.63, 3.8) is 0 Å². The number of nitrogens with two attached hydrogens (primary N) is 2. The highest BCUT2D eigenvalue weighted by Gasteiger charge is 2.13. The number of anilines is 3. The molecule has 1 aromatic heterocycles. The molecule has 170 valence electrons. The van der Waals surface area contributed by atoms with Gasteiger partial charge in [-0.1, -0.05) is 29.8 Å². The van der Waals surface area contributed by atoms with Crippen molar-refractivity contribution in [2.75, 3.05) is 16.4 Å². The lowest BCUT2D eigenvalue weighted by atomic mass is 10.0. The lowest BCUT2D eigenvalue weighted by molar-refractivity contribution is 0.262. The number of halogens is 1. The molecule has 0 radical (unpaired) electrons. The highest BCUT2D eigenvalue weighted by molar-refractivity contribution is 6.31. The number of aromatic nitrogens is 2. The van der Waals surface area contributed by atoms with E-state index < -0.39 is 6.03 Å². The molecular formula is C24H26ClN7O. The van der Waals surface area contributed by atoms with Crippen LogP contribution in [0.1, 0.15) is 32.0 Å². The topological polar surface area (TPSA) is 131 Å². The van der Waals surface area contributed by atoms with Crippen LogP contribution in [0.25, 0.3) is 11.3 Å². The van der Waals surface area contributed by atoms with E-state index in [4.69, 9.17) is 23.1 Å². The molecule has 0 saturated carbocycles. The number of rotatable bonds is 5. The van der Waals surface area contributed by atoms with Gasteiger partial charge in [0.15, 0.2) is 0 Å². The molecule has 3 aromatic rings. The third-order valence-electron chi connectivity index (χ3n) is 4.34. The molecule has 6 N–H and O–H groups in total. The molecule has 2 aromatic carbocycles. The number of allylic oxidation sites excluding steroid dienone is 1. The van der Waals surface area contributed by atoms with Gasteiger partial charge in [0.2, 0.25) is 5.95 Å². The number of benzene rings is 2. The van der Waals surface area contributed by atoms with Gasteiger partial charge >= 0.3 is 6.03 Å². The summed E-state index contributed by atoms with van der Waals surface area (Å²) in [6.45, 7) is 5.95. The van der Waals surface area contributed by atoms with Crippen LogP contribution in [0.2, 0.25) is 5.02 Å². The Bertz CT molecular complexity index is 1220. The Kier molecular flexibility index (Phi) is 7.30. The fourth-order valence-electron chi connectivity index (χ4n) is 2.84. The van der Waals surface area contributed by atoms with Gasteiger partial charge in [-0.3, -0.25) is 4.99 Å². The molecule has 8 nitrogen and oxygen atoms in total. The minimum absolute atomic E-state index is 0.121. The fourth-order valence-corrected chi connectivity index (χ4v) is 3.03. The van der Waals surface area contributed by atoms with E-state index in [1.54, 1.807) is 54.9 Å². The Morgan fingerprint density at radius 2 is 1.73 bits per heavy atom. The largest absolute Gasteiger partial charge is 0.396 e. The number of carbonyl (C=O) groups excluding carboxylic acids is 1. The van der Waals surface area contributed by atoms with Crippen molar-refractivity contribution < 1.29 is 4.79 Å². The van der Waals surface area contributed by atoms with Crippen LogP contribution in [-0.4, -0.2) is 27.8 Å². The molecule has 1 heterocycles. The molecule has 0 spiro atoms. The summed E-state index contributed by atoms with van der Waals surface area (Å²) < 4.78 is 0. The Morgan fingerprint density at radius 3 is 2.36 bits per heavy atom. The summed E-state index contributed by atoms with van der Waals surface area (Å²) in [5, 5.41) is 6.10. The van der Waals surface area contributed by atoms with Gasteiger partial charge in [0, 0.05) is 34.4 Å². The van der Waals surface area contributed by atoms with Gasteiger partial charge in [0.05, 0.1) is 16.9 Å². The van der Waals surface area contributed by atoms with Gasteiger partial charge in [0.1, 0.15) is 0 Å². The molecule has 0 atom stereocenters. The maximum Gasteiger partial charge on any atom is 0.323 e. The van der Waals surface area contributed by atoms with Crippen LogP contribution in [0.3, 0.4) is 0 Å². The van der Waals surface area contributed by atoms with E-state index >= 15 is 0 Å². The van der Waals surface area contributed by atoms with Crippen molar-refractivity contribution >= 4 is 52.4 Å². The van der Waals surface area contributed by atoms with E-state index in [1.807, 2.05) is 32.9 Å². The summed E-state index contributed by atoms with van der Waals surface area (Å²) in [5.74, 6) is 0.121. The summed E-state index contributed by atoms with van der Waals surface area (Å²) in [5.41, 5.74) is 15.3. The Balaban J connectivity index is 1.93. The number of amides is 2. The molecule has 9 heteroatoms. The summed E-state index contributed by atoms with van der Waals surface area (Å²) in [4.78, 5) is 25.2. The SMILES string of the molecule is CC(C)(C)N=CC(=C(N)c1ccnc(N)n1)c1cccc(NC(=O)Nc2cccc(Cl)c2)c1. The van der Waals surface area contributed by atoms with E-state index in [0.717, 1.165) is 5.56 Å². The molecule has 0 aliphatic rings. The zero-order valence-corrected chi connectivity index (χ0v) is 19.4. The number of hydrogen-bond donors (Lipinski definition) is 4. The van der Waals surface area contributed by atoms with Gasteiger partial charge in [-0.2, -0.15) is 0 Å². The number of nitrogens with zero attached hydrogens (tertiary/aromatic N) is 3. The van der Waals surface area contributed by atoms with Crippen molar-refractivity contribution in [2.45, 2.75) is 26.3 Å². The first-order chi connectivity index (χ1) is 15.6. The van der Waals surface area contributed by atoms with Gasteiger partial charge in [-0.25, -0.2) is 14.8 Å². The van der Waals surface area contributed by atoms with Crippen LogP contribution >= 0.6 is 11.6 Å². The van der Waals surface area contributed by atoms with Crippen molar-refractivity contribution in [3.8, 4) is 0 Å². The summed E-state index contributed by atoms with van der Waals surface area (Å²) in [7, 11) is 0. The normalized spacial score (nSPS) is 12.4. The number of urea groups is 1. The number of hydrogen-bond acceptors (Lipinski definition) is 6. The highest BCUT2D eigenvalue weighted by atomic mass is 35.5. The second-order valence-electron chi connectivity index (χ2n) is 8.23. The van der Waals surface area contributed by atoms with Crippen LogP contribution in [0.5, 0.6) is 0 Å². The van der Waals surface area contributed by atoms with Crippen LogP contribution in [-0.2, 0) is 0 Å². The summed E-state index contributed by atoms with van der Waals surface area (Å²) in [6.07, 6.45) is 3.25. The maximum absolute atomic E-state index is 12.5. The van der Waals surface area contributed by atoms with Crippen LogP contribution < -0.4 is 22.1 Å². The Hall–Kier alpha value is -3.91. The second kappa shape index (κ2) is 10.1. The lowest BCUT2D eigenvalue weighted by Crippen LogP contribution is -2.19. The van der Waals surface area contributed by atoms with Crippen molar-refractivity contribution in [1.82, 2.24) is 9.97 Å². The Labute approximate surface area is 197 Å². The maximum atomic E-state index is 12.5. The average Bonchev–Trinajstić information content (AvgIpc) is 2.73. The van der Waals surface area contributed by atoms with Crippen LogP contribution in [0.15, 0.2) is 65.8 Å². The lowest BCUT2D eigenvalue weighted by Gasteiger charge is -2.15. The van der Waals surface area contributed by atoms with Crippen LogP contribution in [0.4, 0.5) is 22.1 Å². The number of nitrogens with one attached hydrogen (secondary N) is 2. The van der Waals surface area contributed by atoms with E-state index in [2.05, 4.69) is 25.6 Å². The fraction of sp³-hybridized carbons (Fsp3) is 0.167. The third kappa shape index (κ3) is 7.05. The van der Waals surface area contributed by atoms with Gasteiger partial charge < -0.3 is 22.1 Å². The molecule has 0 bridgehead atoms. The number of carbonyl (C=O) groups is 1. The molecule has 0 unspecified atom stereocenters. The van der Waals surface area contributed by atoms with Gasteiger partial charge in [-0.15, -0.1) is 0 Å². The van der Waals surface area contributed by atoms with Gasteiger partial charge in [-0.05, 0) is 62.7 Å². The van der Waals surface area contributed by atoms with E-state index in [0.29, 0.717) is 33.4 Å². The second-order valence-corrected chi connectivity index (χ2v) is 8.66. The molecule has 0 aliphatic carbocycles. The molecular weight excluding hydrogens is 438 g/mol. The minimum atomic E-state index is -0.403. The predicted octanol–water partition coefficient (Wildman–Crippen LogP) is 5.05. The molecule has 3 rings (SSSR count). The van der Waals surface area contributed by atoms with E-state index in [1.165, 1.54) is 0 Å². The first kappa shape index (κ1) is 23.7. The zero-order chi connectivity index (χ0) is 24.0. The smallest absolute Gasteiger partial charge is 0.323 e. The zero-order valence-electron chi connectivity index (χ0n) is 18.6. The number of nitrogen functional groups attached to an aromatic ring is 1. The first-order valence-corrected chi connectivity index (χ1v) is 10.6. The van der Waals surface area contributed by atoms with Crippen LogP contribution in [0, 0.1) is 0 Å². The first-order valence-electron chi connectivity index (χ1n) is 10.2. The number of aliphatic imine (C=N–C) groups is 1. The third-order valence-corrected chi connectivity index (χ3v) is 4.57. The average molecular weight is 464 g/mol. The molecule has 0 saturated heterocycles. The summed E-state index contributed by atoms with van der Waals surface area (Å²) >= 11 is 5.98. The Morgan fingerprint density at radius 1 is 1.06 bits per heavy atom.